The van der Waals surface area contributed by atoms with Gasteiger partial charge in [0.2, 0.25) is 0 Å². The van der Waals surface area contributed by atoms with Gasteiger partial charge in [0.15, 0.2) is 9.84 Å². The van der Waals surface area contributed by atoms with Crippen LogP contribution in [0.5, 0.6) is 0 Å². The highest BCUT2D eigenvalue weighted by atomic mass is 32.2. The second kappa shape index (κ2) is 5.77. The molecule has 110 valence electrons. The summed E-state index contributed by atoms with van der Waals surface area (Å²) in [5.41, 5.74) is -1.06. The van der Waals surface area contributed by atoms with Gasteiger partial charge in [0.25, 0.3) is 0 Å². The molecule has 0 radical (unpaired) electrons. The molecule has 1 aliphatic rings. The summed E-state index contributed by atoms with van der Waals surface area (Å²) in [5.74, 6) is -0.835. The highest BCUT2D eigenvalue weighted by molar-refractivity contribution is 7.92. The van der Waals surface area contributed by atoms with Crippen LogP contribution in [0.25, 0.3) is 0 Å². The highest BCUT2D eigenvalue weighted by Crippen LogP contribution is 2.19. The molecule has 7 nitrogen and oxygen atoms in total. The van der Waals surface area contributed by atoms with E-state index in [1.54, 1.807) is 0 Å². The van der Waals surface area contributed by atoms with Crippen molar-refractivity contribution < 1.29 is 23.1 Å². The van der Waals surface area contributed by atoms with Crippen molar-refractivity contribution in [2.24, 2.45) is 5.41 Å². The maximum atomic E-state index is 11.5. The van der Waals surface area contributed by atoms with E-state index in [0.29, 0.717) is 12.8 Å². The predicted octanol–water partition coefficient (Wildman–Crippen LogP) is -0.0264. The van der Waals surface area contributed by atoms with Gasteiger partial charge in [0.1, 0.15) is 0 Å². The summed E-state index contributed by atoms with van der Waals surface area (Å²) < 4.78 is 23.1. The van der Waals surface area contributed by atoms with Crippen molar-refractivity contribution in [3.05, 3.63) is 0 Å². The first kappa shape index (κ1) is 15.7. The van der Waals surface area contributed by atoms with E-state index in [2.05, 4.69) is 10.6 Å². The number of carbonyl (C=O) groups is 2. The van der Waals surface area contributed by atoms with E-state index in [-0.39, 0.29) is 18.8 Å². The molecule has 19 heavy (non-hydrogen) atoms. The average molecular weight is 292 g/mol. The van der Waals surface area contributed by atoms with Gasteiger partial charge in [-0.15, -0.1) is 0 Å². The summed E-state index contributed by atoms with van der Waals surface area (Å²) >= 11 is 0. The molecule has 0 aliphatic carbocycles. The Morgan fingerprint density at radius 2 is 1.95 bits per heavy atom. The SMILES string of the molecule is CC(C)(CNC(=O)NCC1CCCS1(=O)=O)C(=O)O. The van der Waals surface area contributed by atoms with Gasteiger partial charge in [0, 0.05) is 13.1 Å². The number of nitrogens with one attached hydrogen (secondary N) is 2. The predicted molar refractivity (Wildman–Crippen MR) is 69.6 cm³/mol. The first-order valence-corrected chi connectivity index (χ1v) is 7.83. The zero-order chi connectivity index (χ0) is 14.7. The smallest absolute Gasteiger partial charge is 0.314 e. The number of urea groups is 1. The molecular weight excluding hydrogens is 272 g/mol. The lowest BCUT2D eigenvalue weighted by atomic mass is 9.94. The Kier molecular flexibility index (Phi) is 4.78. The van der Waals surface area contributed by atoms with Crippen LogP contribution in [0.4, 0.5) is 4.79 Å². The molecule has 0 bridgehead atoms. The van der Waals surface area contributed by atoms with Crippen LogP contribution in [0.2, 0.25) is 0 Å². The van der Waals surface area contributed by atoms with Gasteiger partial charge in [0.05, 0.1) is 16.4 Å². The molecule has 1 fully saturated rings. The Labute approximate surface area is 112 Å². The second-order valence-electron chi connectivity index (χ2n) is 5.38. The Morgan fingerprint density at radius 1 is 1.32 bits per heavy atom. The summed E-state index contributed by atoms with van der Waals surface area (Å²) in [4.78, 5) is 22.3. The quantitative estimate of drug-likeness (QED) is 0.659. The molecule has 0 aromatic carbocycles. The molecular formula is C11H20N2O5S. The summed E-state index contributed by atoms with van der Waals surface area (Å²) in [5, 5.41) is 13.3. The van der Waals surface area contributed by atoms with Crippen LogP contribution in [0.3, 0.4) is 0 Å². The lowest BCUT2D eigenvalue weighted by Crippen LogP contribution is -2.45. The topological polar surface area (TPSA) is 113 Å². The molecule has 0 saturated carbocycles. The summed E-state index contributed by atoms with van der Waals surface area (Å²) in [7, 11) is -3.08. The van der Waals surface area contributed by atoms with Crippen LogP contribution in [-0.2, 0) is 14.6 Å². The molecule has 0 spiro atoms. The van der Waals surface area contributed by atoms with Gasteiger partial charge < -0.3 is 15.7 Å². The number of sulfone groups is 1. The maximum Gasteiger partial charge on any atom is 0.314 e. The van der Waals surface area contributed by atoms with Crippen molar-refractivity contribution in [3.63, 3.8) is 0 Å². The van der Waals surface area contributed by atoms with Gasteiger partial charge >= 0.3 is 12.0 Å². The second-order valence-corrected chi connectivity index (χ2v) is 7.78. The maximum absolute atomic E-state index is 11.5. The minimum Gasteiger partial charge on any atom is -0.481 e. The van der Waals surface area contributed by atoms with E-state index in [0.717, 1.165) is 0 Å². The van der Waals surface area contributed by atoms with Crippen LogP contribution in [-0.4, -0.2) is 49.6 Å². The van der Waals surface area contributed by atoms with Gasteiger partial charge in [-0.05, 0) is 26.7 Å². The number of carbonyl (C=O) groups excluding carboxylic acids is 1. The normalized spacial score (nSPS) is 21.9. The Hall–Kier alpha value is -1.31. The lowest BCUT2D eigenvalue weighted by Gasteiger charge is -2.20. The molecule has 1 rings (SSSR count). The Morgan fingerprint density at radius 3 is 2.42 bits per heavy atom. The minimum absolute atomic E-state index is 0.0222. The van der Waals surface area contributed by atoms with Gasteiger partial charge in [-0.1, -0.05) is 0 Å². The van der Waals surface area contributed by atoms with Crippen molar-refractivity contribution in [1.29, 1.82) is 0 Å². The summed E-state index contributed by atoms with van der Waals surface area (Å²) in [6.45, 7) is 3.04. The molecule has 0 aromatic heterocycles. The number of carboxylic acid groups (broad SMARTS) is 1. The molecule has 1 atom stereocenters. The standard InChI is InChI=1S/C11H20N2O5S/c1-11(2,9(14)15)7-13-10(16)12-6-8-4-3-5-19(8,17)18/h8H,3-7H2,1-2H3,(H,14,15)(H2,12,13,16). The molecule has 1 heterocycles. The number of rotatable bonds is 5. The van der Waals surface area contributed by atoms with Crippen LogP contribution in [0.15, 0.2) is 0 Å². The third-order valence-electron chi connectivity index (χ3n) is 3.22. The lowest BCUT2D eigenvalue weighted by molar-refractivity contribution is -0.146. The monoisotopic (exact) mass is 292 g/mol. The molecule has 3 N–H and O–H groups in total. The third-order valence-corrected chi connectivity index (χ3v) is 5.50. The number of amides is 2. The Bertz CT molecular complexity index is 458. The molecule has 2 amide bonds. The van der Waals surface area contributed by atoms with E-state index in [1.807, 2.05) is 0 Å². The number of carboxylic acids is 1. The number of hydrogen-bond donors (Lipinski definition) is 3. The molecule has 0 aromatic rings. The largest absolute Gasteiger partial charge is 0.481 e. The van der Waals surface area contributed by atoms with Gasteiger partial charge in [-0.2, -0.15) is 0 Å². The van der Waals surface area contributed by atoms with Crippen molar-refractivity contribution in [1.82, 2.24) is 10.6 Å². The molecule has 1 unspecified atom stereocenters. The average Bonchev–Trinajstić information content (AvgIpc) is 2.63. The van der Waals surface area contributed by atoms with Crippen LogP contribution < -0.4 is 10.6 Å². The first-order valence-electron chi connectivity index (χ1n) is 6.12. The zero-order valence-corrected chi connectivity index (χ0v) is 11.9. The number of aliphatic carboxylic acids is 1. The van der Waals surface area contributed by atoms with E-state index in [9.17, 15) is 18.0 Å². The third kappa shape index (κ3) is 4.38. The van der Waals surface area contributed by atoms with E-state index < -0.39 is 32.5 Å². The van der Waals surface area contributed by atoms with E-state index in [4.69, 9.17) is 5.11 Å². The van der Waals surface area contributed by atoms with Crippen LogP contribution >= 0.6 is 0 Å². The fraction of sp³-hybridized carbons (Fsp3) is 0.818. The van der Waals surface area contributed by atoms with Crippen molar-refractivity contribution in [2.45, 2.75) is 31.9 Å². The number of hydrogen-bond acceptors (Lipinski definition) is 4. The van der Waals surface area contributed by atoms with Crippen molar-refractivity contribution in [3.8, 4) is 0 Å². The highest BCUT2D eigenvalue weighted by Gasteiger charge is 2.32. The zero-order valence-electron chi connectivity index (χ0n) is 11.1. The van der Waals surface area contributed by atoms with Crippen LogP contribution in [0, 0.1) is 5.41 Å². The molecule has 8 heteroatoms. The first-order chi connectivity index (χ1) is 8.65. The summed E-state index contributed by atoms with van der Waals surface area (Å²) in [6.07, 6.45) is 1.19. The van der Waals surface area contributed by atoms with E-state index in [1.165, 1.54) is 13.8 Å². The molecule has 1 aliphatic heterocycles. The van der Waals surface area contributed by atoms with Gasteiger partial charge in [-0.25, -0.2) is 13.2 Å². The fourth-order valence-corrected chi connectivity index (χ4v) is 3.50. The minimum atomic E-state index is -3.08. The van der Waals surface area contributed by atoms with Crippen molar-refractivity contribution in [2.75, 3.05) is 18.8 Å². The summed E-state index contributed by atoms with van der Waals surface area (Å²) in [6, 6.07) is -0.545. The van der Waals surface area contributed by atoms with Gasteiger partial charge in [-0.3, -0.25) is 4.79 Å². The van der Waals surface area contributed by atoms with Crippen LogP contribution in [0.1, 0.15) is 26.7 Å². The Balaban J connectivity index is 2.35. The fourth-order valence-electron chi connectivity index (χ4n) is 1.73. The van der Waals surface area contributed by atoms with E-state index >= 15 is 0 Å². The van der Waals surface area contributed by atoms with Crippen molar-refractivity contribution >= 4 is 21.8 Å². The molecule has 1 saturated heterocycles.